The number of nitrogens with two attached hydrogens (primary N) is 1. The summed E-state index contributed by atoms with van der Waals surface area (Å²) in [7, 11) is -3.15. The Bertz CT molecular complexity index is 644. The van der Waals surface area contributed by atoms with E-state index in [4.69, 9.17) is 10.5 Å². The molecule has 0 aliphatic carbocycles. The molecule has 0 bridgehead atoms. The third-order valence-electron chi connectivity index (χ3n) is 3.08. The number of hydrogen-bond acceptors (Lipinski definition) is 5. The van der Waals surface area contributed by atoms with Crippen molar-refractivity contribution in [3.63, 3.8) is 0 Å². The van der Waals surface area contributed by atoms with Gasteiger partial charge in [0.05, 0.1) is 10.6 Å². The molecule has 1 aliphatic rings. The molecule has 2 N–H and O–H groups in total. The highest BCUT2D eigenvalue weighted by molar-refractivity contribution is 7.91. The zero-order chi connectivity index (χ0) is 15.1. The SMILES string of the molecule is CC(C)(C)OC(=O)C(N)c1ccc2c(c1)CCS2(=O)=O. The van der Waals surface area contributed by atoms with Gasteiger partial charge in [-0.3, -0.25) is 0 Å². The molecule has 110 valence electrons. The number of fused-ring (bicyclic) bond motifs is 1. The summed E-state index contributed by atoms with van der Waals surface area (Å²) in [4.78, 5) is 12.3. The van der Waals surface area contributed by atoms with E-state index in [0.29, 0.717) is 16.9 Å². The first-order chi connectivity index (χ1) is 9.10. The van der Waals surface area contributed by atoms with Crippen molar-refractivity contribution in [2.75, 3.05) is 5.75 Å². The van der Waals surface area contributed by atoms with E-state index in [0.717, 1.165) is 5.56 Å². The van der Waals surface area contributed by atoms with Gasteiger partial charge >= 0.3 is 5.97 Å². The van der Waals surface area contributed by atoms with Crippen molar-refractivity contribution >= 4 is 15.8 Å². The predicted octanol–water partition coefficient (Wildman–Crippen LogP) is 1.36. The number of esters is 1. The molecular formula is C14H19NO4S. The molecule has 20 heavy (non-hydrogen) atoms. The van der Waals surface area contributed by atoms with E-state index in [9.17, 15) is 13.2 Å². The van der Waals surface area contributed by atoms with Crippen LogP contribution in [-0.4, -0.2) is 25.7 Å². The van der Waals surface area contributed by atoms with Gasteiger partial charge in [0.1, 0.15) is 11.6 Å². The maximum absolute atomic E-state index is 11.9. The molecule has 2 rings (SSSR count). The highest BCUT2D eigenvalue weighted by atomic mass is 32.2. The van der Waals surface area contributed by atoms with E-state index in [1.165, 1.54) is 6.07 Å². The van der Waals surface area contributed by atoms with Crippen LogP contribution in [0.3, 0.4) is 0 Å². The molecule has 0 aromatic heterocycles. The van der Waals surface area contributed by atoms with Crippen LogP contribution < -0.4 is 5.73 Å². The second kappa shape index (κ2) is 4.86. The molecular weight excluding hydrogens is 278 g/mol. The molecule has 1 unspecified atom stereocenters. The Balaban J connectivity index is 2.25. The molecule has 0 amide bonds. The fraction of sp³-hybridized carbons (Fsp3) is 0.500. The summed E-state index contributed by atoms with van der Waals surface area (Å²) < 4.78 is 28.7. The average molecular weight is 297 g/mol. The van der Waals surface area contributed by atoms with Crippen molar-refractivity contribution in [1.82, 2.24) is 0 Å². The Kier molecular flexibility index (Phi) is 3.64. The lowest BCUT2D eigenvalue weighted by molar-refractivity contribution is -0.156. The highest BCUT2D eigenvalue weighted by Gasteiger charge is 2.29. The Morgan fingerprint density at radius 2 is 2.00 bits per heavy atom. The van der Waals surface area contributed by atoms with E-state index >= 15 is 0 Å². The van der Waals surface area contributed by atoms with Crippen LogP contribution in [0.25, 0.3) is 0 Å². The van der Waals surface area contributed by atoms with Crippen LogP contribution in [0.2, 0.25) is 0 Å². The third-order valence-corrected chi connectivity index (χ3v) is 4.89. The van der Waals surface area contributed by atoms with Crippen molar-refractivity contribution in [2.45, 2.75) is 43.7 Å². The minimum atomic E-state index is -3.15. The standard InChI is InChI=1S/C14H19NO4S/c1-14(2,3)19-13(16)12(15)10-4-5-11-9(8-10)6-7-20(11,17)18/h4-5,8,12H,6-7,15H2,1-3H3. The van der Waals surface area contributed by atoms with Gasteiger partial charge in [0, 0.05) is 0 Å². The number of rotatable bonds is 2. The average Bonchev–Trinajstić information content (AvgIpc) is 2.62. The number of benzene rings is 1. The molecule has 0 fully saturated rings. The van der Waals surface area contributed by atoms with Crippen LogP contribution in [-0.2, 0) is 25.8 Å². The first-order valence-electron chi connectivity index (χ1n) is 6.44. The molecule has 1 atom stereocenters. The van der Waals surface area contributed by atoms with Crippen molar-refractivity contribution in [3.05, 3.63) is 29.3 Å². The summed E-state index contributed by atoms with van der Waals surface area (Å²) in [5.41, 5.74) is 6.58. The van der Waals surface area contributed by atoms with Gasteiger partial charge in [-0.1, -0.05) is 12.1 Å². The summed E-state index contributed by atoms with van der Waals surface area (Å²) in [6.45, 7) is 5.31. The van der Waals surface area contributed by atoms with Crippen molar-refractivity contribution in [3.8, 4) is 0 Å². The predicted molar refractivity (Wildman–Crippen MR) is 75.0 cm³/mol. The van der Waals surface area contributed by atoms with E-state index in [1.54, 1.807) is 32.9 Å². The molecule has 0 spiro atoms. The number of sulfone groups is 1. The van der Waals surface area contributed by atoms with Gasteiger partial charge in [-0.2, -0.15) is 0 Å². The van der Waals surface area contributed by atoms with Gasteiger partial charge in [-0.05, 0) is 44.4 Å². The highest BCUT2D eigenvalue weighted by Crippen LogP contribution is 2.28. The van der Waals surface area contributed by atoms with Crippen molar-refractivity contribution in [2.24, 2.45) is 5.73 Å². The Morgan fingerprint density at radius 1 is 1.35 bits per heavy atom. The second-order valence-electron chi connectivity index (χ2n) is 5.95. The number of carbonyl (C=O) groups excluding carboxylic acids is 1. The van der Waals surface area contributed by atoms with Crippen LogP contribution >= 0.6 is 0 Å². The zero-order valence-corrected chi connectivity index (χ0v) is 12.7. The Morgan fingerprint density at radius 3 is 2.60 bits per heavy atom. The molecule has 0 saturated carbocycles. The van der Waals surface area contributed by atoms with E-state index < -0.39 is 27.4 Å². The third kappa shape index (κ3) is 3.02. The van der Waals surface area contributed by atoms with Gasteiger partial charge < -0.3 is 10.5 Å². The monoisotopic (exact) mass is 297 g/mol. The fourth-order valence-corrected chi connectivity index (χ4v) is 3.69. The minimum Gasteiger partial charge on any atom is -0.459 e. The van der Waals surface area contributed by atoms with Gasteiger partial charge in [-0.25, -0.2) is 13.2 Å². The Labute approximate surface area is 119 Å². The van der Waals surface area contributed by atoms with E-state index in [1.807, 2.05) is 0 Å². The zero-order valence-electron chi connectivity index (χ0n) is 11.8. The van der Waals surface area contributed by atoms with Crippen molar-refractivity contribution in [1.29, 1.82) is 0 Å². The molecule has 0 radical (unpaired) electrons. The van der Waals surface area contributed by atoms with Crippen LogP contribution in [0.4, 0.5) is 0 Å². The van der Waals surface area contributed by atoms with Gasteiger partial charge in [0.25, 0.3) is 0 Å². The quantitative estimate of drug-likeness (QED) is 0.833. The lowest BCUT2D eigenvalue weighted by Crippen LogP contribution is -2.31. The molecule has 0 saturated heterocycles. The molecule has 5 nitrogen and oxygen atoms in total. The maximum atomic E-state index is 11.9. The number of ether oxygens (including phenoxy) is 1. The summed E-state index contributed by atoms with van der Waals surface area (Å²) in [5.74, 6) is -0.397. The number of aryl methyl sites for hydroxylation is 1. The smallest absolute Gasteiger partial charge is 0.328 e. The summed E-state index contributed by atoms with van der Waals surface area (Å²) in [6.07, 6.45) is 0.465. The lowest BCUT2D eigenvalue weighted by atomic mass is 10.0. The first-order valence-corrected chi connectivity index (χ1v) is 8.09. The molecule has 1 heterocycles. The summed E-state index contributed by atoms with van der Waals surface area (Å²) in [5, 5.41) is 0. The van der Waals surface area contributed by atoms with Crippen LogP contribution in [0.1, 0.15) is 37.9 Å². The fourth-order valence-electron chi connectivity index (χ4n) is 2.15. The minimum absolute atomic E-state index is 0.119. The van der Waals surface area contributed by atoms with Crippen LogP contribution in [0.5, 0.6) is 0 Å². The molecule has 6 heteroatoms. The van der Waals surface area contributed by atoms with E-state index in [-0.39, 0.29) is 5.75 Å². The molecule has 1 aromatic rings. The van der Waals surface area contributed by atoms with Gasteiger partial charge in [0.15, 0.2) is 9.84 Å². The Hall–Kier alpha value is -1.40. The normalized spacial score (nSPS) is 18.4. The summed E-state index contributed by atoms with van der Waals surface area (Å²) >= 11 is 0. The van der Waals surface area contributed by atoms with Crippen LogP contribution in [0.15, 0.2) is 23.1 Å². The molecule has 1 aliphatic heterocycles. The van der Waals surface area contributed by atoms with Gasteiger partial charge in [0.2, 0.25) is 0 Å². The number of carbonyl (C=O) groups is 1. The largest absolute Gasteiger partial charge is 0.459 e. The molecule has 1 aromatic carbocycles. The topological polar surface area (TPSA) is 86.5 Å². The summed E-state index contributed by atoms with van der Waals surface area (Å²) in [6, 6.07) is 3.89. The maximum Gasteiger partial charge on any atom is 0.328 e. The van der Waals surface area contributed by atoms with E-state index in [2.05, 4.69) is 0 Å². The van der Waals surface area contributed by atoms with Gasteiger partial charge in [-0.15, -0.1) is 0 Å². The lowest BCUT2D eigenvalue weighted by Gasteiger charge is -2.22. The number of hydrogen-bond donors (Lipinski definition) is 1. The second-order valence-corrected chi connectivity index (χ2v) is 8.02. The van der Waals surface area contributed by atoms with Crippen molar-refractivity contribution < 1.29 is 17.9 Å². The van der Waals surface area contributed by atoms with Crippen LogP contribution in [0, 0.1) is 0 Å². The first kappa shape index (κ1) is 15.0.